The van der Waals surface area contributed by atoms with E-state index >= 15 is 0 Å². The molecule has 2 fully saturated rings. The molecule has 3 rings (SSSR count). The quantitative estimate of drug-likeness (QED) is 0.892. The monoisotopic (exact) mass is 302 g/mol. The molecule has 1 atom stereocenters. The van der Waals surface area contributed by atoms with Gasteiger partial charge in [0.15, 0.2) is 0 Å². The van der Waals surface area contributed by atoms with Gasteiger partial charge in [0.05, 0.1) is 5.92 Å². The number of likely N-dealkylation sites (tertiary alicyclic amines) is 1. The molecule has 1 unspecified atom stereocenters. The van der Waals surface area contributed by atoms with Gasteiger partial charge < -0.3 is 4.90 Å². The molecule has 1 N–H and O–H groups in total. The van der Waals surface area contributed by atoms with E-state index in [1.807, 2.05) is 6.07 Å². The lowest BCUT2D eigenvalue weighted by Crippen LogP contribution is -2.53. The van der Waals surface area contributed by atoms with Gasteiger partial charge in [-0.15, -0.1) is 0 Å². The summed E-state index contributed by atoms with van der Waals surface area (Å²) in [6.07, 6.45) is 0.965. The van der Waals surface area contributed by atoms with E-state index in [0.717, 1.165) is 52.2 Å². The zero-order chi connectivity index (χ0) is 15.4. The van der Waals surface area contributed by atoms with Crippen molar-refractivity contribution >= 4 is 5.91 Å². The van der Waals surface area contributed by atoms with Crippen molar-refractivity contribution in [2.75, 3.05) is 46.3 Å². The fourth-order valence-electron chi connectivity index (χ4n) is 3.20. The number of benzene rings is 1. The van der Waals surface area contributed by atoms with Crippen LogP contribution >= 0.6 is 0 Å². The van der Waals surface area contributed by atoms with Gasteiger partial charge in [-0.2, -0.15) is 0 Å². The number of hydrogen-bond acceptors (Lipinski definition) is 4. The second kappa shape index (κ2) is 7.22. The predicted octanol–water partition coefficient (Wildman–Crippen LogP) is 0.787. The lowest BCUT2D eigenvalue weighted by Gasteiger charge is -2.33. The first-order chi connectivity index (χ1) is 10.7. The summed E-state index contributed by atoms with van der Waals surface area (Å²) in [7, 11) is 2.12. The molecule has 5 nitrogen and oxygen atoms in total. The number of piperazine rings is 1. The third-order valence-corrected chi connectivity index (χ3v) is 4.66. The van der Waals surface area contributed by atoms with Crippen LogP contribution in [0.15, 0.2) is 30.3 Å². The van der Waals surface area contributed by atoms with Crippen molar-refractivity contribution in [3.8, 4) is 0 Å². The van der Waals surface area contributed by atoms with Crippen LogP contribution in [0, 0.1) is 5.92 Å². The molecular weight excluding hydrogens is 276 g/mol. The number of rotatable bonds is 4. The zero-order valence-electron chi connectivity index (χ0n) is 13.4. The highest BCUT2D eigenvalue weighted by Crippen LogP contribution is 2.19. The van der Waals surface area contributed by atoms with Crippen molar-refractivity contribution in [2.45, 2.75) is 13.0 Å². The Kier molecular flexibility index (Phi) is 5.08. The van der Waals surface area contributed by atoms with E-state index in [9.17, 15) is 4.79 Å². The Morgan fingerprint density at radius 3 is 2.59 bits per heavy atom. The number of likely N-dealkylation sites (N-methyl/N-ethyl adjacent to an activating group) is 1. The molecule has 120 valence electrons. The lowest BCUT2D eigenvalue weighted by molar-refractivity contribution is -0.130. The van der Waals surface area contributed by atoms with Gasteiger partial charge >= 0.3 is 0 Å². The molecule has 2 saturated heterocycles. The van der Waals surface area contributed by atoms with E-state index in [2.05, 4.69) is 51.5 Å². The maximum Gasteiger partial charge on any atom is 0.238 e. The number of nitrogens with one attached hydrogen (secondary N) is 1. The second-order valence-corrected chi connectivity index (χ2v) is 6.47. The summed E-state index contributed by atoms with van der Waals surface area (Å²) in [5.41, 5.74) is 4.43. The van der Waals surface area contributed by atoms with Crippen LogP contribution < -0.4 is 5.43 Å². The molecule has 0 aromatic heterocycles. The average molecular weight is 302 g/mol. The minimum Gasteiger partial charge on any atom is -0.304 e. The number of carbonyl (C=O) groups is 1. The molecule has 1 aromatic rings. The molecule has 2 heterocycles. The van der Waals surface area contributed by atoms with Crippen molar-refractivity contribution in [1.29, 1.82) is 0 Å². The Hall–Kier alpha value is -1.43. The topological polar surface area (TPSA) is 38.8 Å². The number of carbonyl (C=O) groups excluding carboxylic acids is 1. The molecule has 0 radical (unpaired) electrons. The molecule has 0 saturated carbocycles. The number of amides is 1. The van der Waals surface area contributed by atoms with Gasteiger partial charge in [0.1, 0.15) is 0 Å². The number of hydrazine groups is 1. The molecule has 2 aliphatic heterocycles. The van der Waals surface area contributed by atoms with Gasteiger partial charge in [0, 0.05) is 39.3 Å². The van der Waals surface area contributed by atoms with Crippen LogP contribution in [-0.4, -0.2) is 67.0 Å². The number of hydrogen-bond donors (Lipinski definition) is 1. The van der Waals surface area contributed by atoms with Gasteiger partial charge in [0.2, 0.25) is 5.91 Å². The van der Waals surface area contributed by atoms with Crippen LogP contribution in [0.3, 0.4) is 0 Å². The van der Waals surface area contributed by atoms with Gasteiger partial charge in [-0.05, 0) is 25.6 Å². The van der Waals surface area contributed by atoms with Crippen LogP contribution in [0.5, 0.6) is 0 Å². The Morgan fingerprint density at radius 1 is 1.14 bits per heavy atom. The molecule has 0 spiro atoms. The van der Waals surface area contributed by atoms with E-state index in [0.29, 0.717) is 0 Å². The highest BCUT2D eigenvalue weighted by atomic mass is 16.2. The molecule has 22 heavy (non-hydrogen) atoms. The molecule has 2 aliphatic rings. The minimum atomic E-state index is 0.128. The van der Waals surface area contributed by atoms with Crippen molar-refractivity contribution in [2.24, 2.45) is 5.92 Å². The van der Waals surface area contributed by atoms with Crippen LogP contribution in [-0.2, 0) is 11.3 Å². The van der Waals surface area contributed by atoms with Gasteiger partial charge in [0.25, 0.3) is 0 Å². The SMILES string of the molecule is CN1CCN(NC(=O)C2CCN(Cc3ccccc3)C2)CC1. The summed E-state index contributed by atoms with van der Waals surface area (Å²) < 4.78 is 0. The van der Waals surface area contributed by atoms with Crippen LogP contribution in [0.4, 0.5) is 0 Å². The first kappa shape index (κ1) is 15.5. The molecule has 1 aromatic carbocycles. The van der Waals surface area contributed by atoms with E-state index in [1.165, 1.54) is 5.56 Å². The summed E-state index contributed by atoms with van der Waals surface area (Å²) in [6, 6.07) is 10.5. The highest BCUT2D eigenvalue weighted by Gasteiger charge is 2.29. The summed E-state index contributed by atoms with van der Waals surface area (Å²) in [4.78, 5) is 17.1. The van der Waals surface area contributed by atoms with Gasteiger partial charge in [-0.25, -0.2) is 5.01 Å². The number of nitrogens with zero attached hydrogens (tertiary/aromatic N) is 3. The van der Waals surface area contributed by atoms with E-state index in [4.69, 9.17) is 0 Å². The third kappa shape index (κ3) is 4.06. The maximum atomic E-state index is 12.4. The minimum absolute atomic E-state index is 0.128. The molecule has 0 aliphatic carbocycles. The normalized spacial score (nSPS) is 24.5. The highest BCUT2D eigenvalue weighted by molar-refractivity contribution is 5.78. The first-order valence-electron chi connectivity index (χ1n) is 8.21. The van der Waals surface area contributed by atoms with Crippen molar-refractivity contribution in [3.63, 3.8) is 0 Å². The van der Waals surface area contributed by atoms with E-state index in [1.54, 1.807) is 0 Å². The van der Waals surface area contributed by atoms with E-state index in [-0.39, 0.29) is 11.8 Å². The molecular formula is C17H26N4O. The summed E-state index contributed by atoms with van der Waals surface area (Å²) >= 11 is 0. The Bertz CT molecular complexity index is 485. The van der Waals surface area contributed by atoms with Crippen LogP contribution in [0.25, 0.3) is 0 Å². The lowest BCUT2D eigenvalue weighted by atomic mass is 10.1. The molecule has 0 bridgehead atoms. The fraction of sp³-hybridized carbons (Fsp3) is 0.588. The Labute approximate surface area is 132 Å². The van der Waals surface area contributed by atoms with Crippen molar-refractivity contribution in [3.05, 3.63) is 35.9 Å². The van der Waals surface area contributed by atoms with Crippen molar-refractivity contribution < 1.29 is 4.79 Å². The largest absolute Gasteiger partial charge is 0.304 e. The van der Waals surface area contributed by atoms with Crippen LogP contribution in [0.2, 0.25) is 0 Å². The first-order valence-corrected chi connectivity index (χ1v) is 8.21. The smallest absolute Gasteiger partial charge is 0.238 e. The molecule has 5 heteroatoms. The zero-order valence-corrected chi connectivity index (χ0v) is 13.4. The molecule has 1 amide bonds. The third-order valence-electron chi connectivity index (χ3n) is 4.66. The summed E-state index contributed by atoms with van der Waals surface area (Å²) in [5, 5.41) is 2.07. The maximum absolute atomic E-state index is 12.4. The summed E-state index contributed by atoms with van der Waals surface area (Å²) in [6.45, 7) is 6.70. The Morgan fingerprint density at radius 2 is 1.86 bits per heavy atom. The van der Waals surface area contributed by atoms with Crippen molar-refractivity contribution in [1.82, 2.24) is 20.2 Å². The average Bonchev–Trinajstić information content (AvgIpc) is 2.99. The fourth-order valence-corrected chi connectivity index (χ4v) is 3.20. The standard InChI is InChI=1S/C17H26N4O/c1-19-9-11-21(12-10-19)18-17(22)16-7-8-20(14-16)13-15-5-3-2-4-6-15/h2-6,16H,7-14H2,1H3,(H,18,22). The Balaban J connectivity index is 1.44. The van der Waals surface area contributed by atoms with Crippen LogP contribution in [0.1, 0.15) is 12.0 Å². The summed E-state index contributed by atoms with van der Waals surface area (Å²) in [5.74, 6) is 0.323. The predicted molar refractivity (Wildman–Crippen MR) is 87.0 cm³/mol. The van der Waals surface area contributed by atoms with Gasteiger partial charge in [-0.1, -0.05) is 30.3 Å². The van der Waals surface area contributed by atoms with E-state index < -0.39 is 0 Å². The van der Waals surface area contributed by atoms with Gasteiger partial charge in [-0.3, -0.25) is 15.1 Å². The second-order valence-electron chi connectivity index (χ2n) is 6.47.